The van der Waals surface area contributed by atoms with Crippen LogP contribution >= 0.6 is 11.8 Å². The molecule has 4 aromatic rings. The predicted octanol–water partition coefficient (Wildman–Crippen LogP) is 1.91. The summed E-state index contributed by atoms with van der Waals surface area (Å²) in [5.41, 5.74) is 8.40. The van der Waals surface area contributed by atoms with Crippen LogP contribution in [0.3, 0.4) is 0 Å². The topological polar surface area (TPSA) is 192 Å². The first-order valence-electron chi connectivity index (χ1n) is 14.7. The summed E-state index contributed by atoms with van der Waals surface area (Å²) in [5, 5.41) is 13.1. The van der Waals surface area contributed by atoms with Crippen molar-refractivity contribution >= 4 is 58.0 Å². The van der Waals surface area contributed by atoms with Crippen molar-refractivity contribution in [2.75, 3.05) is 24.7 Å². The van der Waals surface area contributed by atoms with Crippen LogP contribution in [0, 0.1) is 6.92 Å². The minimum Gasteiger partial charge on any atom is -0.494 e. The number of benzene rings is 2. The van der Waals surface area contributed by atoms with E-state index in [0.717, 1.165) is 11.8 Å². The number of nitrogens with one attached hydrogen (secondary N) is 3. The number of nitrogens with zero attached hydrogens (tertiary/aromatic N) is 4. The molecule has 14 nitrogen and oxygen atoms in total. The fraction of sp³-hybridized carbons (Fsp3) is 0.323. The molecule has 238 valence electrons. The first-order chi connectivity index (χ1) is 22.1. The third-order valence-corrected chi connectivity index (χ3v) is 9.47. The van der Waals surface area contributed by atoms with Crippen LogP contribution in [-0.4, -0.2) is 78.9 Å². The van der Waals surface area contributed by atoms with Crippen molar-refractivity contribution in [1.82, 2.24) is 30.0 Å². The quantitative estimate of drug-likeness (QED) is 0.146. The molecular weight excluding hydrogens is 612 g/mol. The van der Waals surface area contributed by atoms with E-state index in [4.69, 9.17) is 10.5 Å². The van der Waals surface area contributed by atoms with E-state index in [2.05, 4.69) is 26.0 Å². The standard InChI is InChI=1S/C31H32N8O6S/c1-4-39-22(12-16(2)37-39)29(44)35-30-34-20-13-17(27(32)42)14-23(45-3)24(20)38(30)11-7-10-33-28(43)21-15-46-31(36-21)25(40)18-8-5-6-9-19(18)26(31)41/h5-6,8-9,12-14,21,36H,4,7,10-11,15H2,1-3H3,(H2,32,42)(H,33,43)(H,34,35,44)/t21-/m1/s1. The summed E-state index contributed by atoms with van der Waals surface area (Å²) in [6, 6.07) is 10.6. The number of ketones is 2. The Morgan fingerprint density at radius 2 is 1.87 bits per heavy atom. The van der Waals surface area contributed by atoms with Gasteiger partial charge in [0.2, 0.25) is 29.3 Å². The number of thioether (sulfide) groups is 1. The fourth-order valence-electron chi connectivity index (χ4n) is 5.85. The van der Waals surface area contributed by atoms with Gasteiger partial charge in [-0.05, 0) is 38.5 Å². The van der Waals surface area contributed by atoms with E-state index in [1.807, 2.05) is 6.92 Å². The van der Waals surface area contributed by atoms with Crippen LogP contribution in [0.1, 0.15) is 60.6 Å². The number of anilines is 1. The highest BCUT2D eigenvalue weighted by atomic mass is 32.2. The molecule has 1 saturated heterocycles. The molecule has 1 atom stereocenters. The number of primary amides is 1. The number of amides is 3. The number of aryl methyl sites for hydroxylation is 3. The van der Waals surface area contributed by atoms with Crippen molar-refractivity contribution in [2.45, 2.75) is 44.3 Å². The Labute approximate surface area is 267 Å². The zero-order valence-corrected chi connectivity index (χ0v) is 26.2. The number of rotatable bonds is 10. The number of carbonyl (C=O) groups excluding carboxylic acids is 5. The second kappa shape index (κ2) is 12.1. The van der Waals surface area contributed by atoms with Crippen LogP contribution in [-0.2, 0) is 17.9 Å². The SMILES string of the molecule is CCn1nc(C)cc1C(=O)Nc1nc2cc(C(N)=O)cc(OC)c2n1CCCNC(=O)[C@H]1CSC2(N1)C(=O)c1ccccc1C2=O. The molecule has 2 aliphatic rings. The summed E-state index contributed by atoms with van der Waals surface area (Å²) < 4.78 is 8.90. The summed E-state index contributed by atoms with van der Waals surface area (Å²) in [5.74, 6) is -1.28. The Morgan fingerprint density at radius 1 is 1.15 bits per heavy atom. The number of methoxy groups -OCH3 is 1. The smallest absolute Gasteiger partial charge is 0.276 e. The summed E-state index contributed by atoms with van der Waals surface area (Å²) in [6.07, 6.45) is 0.418. The number of hydrogen-bond donors (Lipinski definition) is 4. The second-order valence-electron chi connectivity index (χ2n) is 11.0. The Bertz CT molecular complexity index is 1900. The Morgan fingerprint density at radius 3 is 2.52 bits per heavy atom. The van der Waals surface area contributed by atoms with E-state index in [1.165, 1.54) is 19.2 Å². The highest BCUT2D eigenvalue weighted by molar-refractivity contribution is 8.02. The molecule has 1 aliphatic carbocycles. The van der Waals surface area contributed by atoms with Gasteiger partial charge >= 0.3 is 0 Å². The van der Waals surface area contributed by atoms with Gasteiger partial charge in [0.05, 0.1) is 24.4 Å². The molecule has 0 radical (unpaired) electrons. The average Bonchev–Trinajstić information content (AvgIpc) is 3.80. The maximum atomic E-state index is 13.3. The lowest BCUT2D eigenvalue weighted by Crippen LogP contribution is -2.54. The fourth-order valence-corrected chi connectivity index (χ4v) is 7.21. The van der Waals surface area contributed by atoms with Crippen LogP contribution in [0.5, 0.6) is 5.75 Å². The third kappa shape index (κ3) is 5.20. The Hall–Kier alpha value is -5.02. The van der Waals surface area contributed by atoms with Gasteiger partial charge in [0.25, 0.3) is 5.91 Å². The van der Waals surface area contributed by atoms with Gasteiger partial charge in [0.15, 0.2) is 4.87 Å². The maximum Gasteiger partial charge on any atom is 0.276 e. The van der Waals surface area contributed by atoms with Gasteiger partial charge in [0.1, 0.15) is 17.0 Å². The van der Waals surface area contributed by atoms with Crippen LogP contribution in [0.2, 0.25) is 0 Å². The number of imidazole rings is 1. The molecular formula is C31H32N8O6S. The summed E-state index contributed by atoms with van der Waals surface area (Å²) in [6.45, 7) is 4.71. The minimum absolute atomic E-state index is 0.195. The van der Waals surface area contributed by atoms with Crippen molar-refractivity contribution < 1.29 is 28.7 Å². The normalized spacial score (nSPS) is 16.6. The number of carbonyl (C=O) groups is 5. The van der Waals surface area contributed by atoms with Gasteiger partial charge in [0, 0.05) is 42.1 Å². The van der Waals surface area contributed by atoms with Crippen molar-refractivity contribution in [3.05, 3.63) is 70.5 Å². The van der Waals surface area contributed by atoms with E-state index in [9.17, 15) is 24.0 Å². The van der Waals surface area contributed by atoms with Gasteiger partial charge in [-0.3, -0.25) is 39.3 Å². The third-order valence-electron chi connectivity index (χ3n) is 8.04. The van der Waals surface area contributed by atoms with E-state index in [1.54, 1.807) is 46.5 Å². The monoisotopic (exact) mass is 644 g/mol. The largest absolute Gasteiger partial charge is 0.494 e. The molecule has 3 amide bonds. The molecule has 0 bridgehead atoms. The van der Waals surface area contributed by atoms with Crippen molar-refractivity contribution in [3.63, 3.8) is 0 Å². The summed E-state index contributed by atoms with van der Waals surface area (Å²) in [7, 11) is 1.45. The molecule has 46 heavy (non-hydrogen) atoms. The second-order valence-corrected chi connectivity index (χ2v) is 12.2. The lowest BCUT2D eigenvalue weighted by atomic mass is 10.1. The van der Waals surface area contributed by atoms with Crippen LogP contribution < -0.4 is 26.4 Å². The number of aromatic nitrogens is 4. The summed E-state index contributed by atoms with van der Waals surface area (Å²) in [4.78, 5) is 67.8. The number of nitrogens with two attached hydrogens (primary N) is 1. The predicted molar refractivity (Wildman–Crippen MR) is 170 cm³/mol. The molecule has 2 aromatic carbocycles. The number of fused-ring (bicyclic) bond motifs is 2. The molecule has 0 saturated carbocycles. The van der Waals surface area contributed by atoms with E-state index >= 15 is 0 Å². The molecule has 1 spiro atoms. The van der Waals surface area contributed by atoms with E-state index in [-0.39, 0.29) is 41.3 Å². The molecule has 5 N–H and O–H groups in total. The maximum absolute atomic E-state index is 13.3. The van der Waals surface area contributed by atoms with Gasteiger partial charge in [-0.1, -0.05) is 24.3 Å². The van der Waals surface area contributed by atoms with Gasteiger partial charge in [-0.25, -0.2) is 4.98 Å². The Balaban J connectivity index is 1.18. The molecule has 3 heterocycles. The zero-order chi connectivity index (χ0) is 32.7. The lowest BCUT2D eigenvalue weighted by Gasteiger charge is -2.20. The van der Waals surface area contributed by atoms with Crippen molar-refractivity contribution in [1.29, 1.82) is 0 Å². The molecule has 15 heteroatoms. The molecule has 0 unspecified atom stereocenters. The molecule has 6 rings (SSSR count). The van der Waals surface area contributed by atoms with Gasteiger partial charge in [-0.15, -0.1) is 11.8 Å². The highest BCUT2D eigenvalue weighted by Gasteiger charge is 2.58. The average molecular weight is 645 g/mol. The number of hydrogen-bond acceptors (Lipinski definition) is 10. The van der Waals surface area contributed by atoms with E-state index < -0.39 is 22.7 Å². The first kappa shape index (κ1) is 31.0. The van der Waals surface area contributed by atoms with Crippen LogP contribution in [0.25, 0.3) is 11.0 Å². The van der Waals surface area contributed by atoms with Crippen LogP contribution in [0.15, 0.2) is 42.5 Å². The van der Waals surface area contributed by atoms with Crippen molar-refractivity contribution in [2.24, 2.45) is 5.73 Å². The van der Waals surface area contributed by atoms with Gasteiger partial charge < -0.3 is 20.4 Å². The van der Waals surface area contributed by atoms with E-state index in [0.29, 0.717) is 58.8 Å². The minimum atomic E-state index is -1.49. The molecule has 2 aromatic heterocycles. The number of ether oxygens (including phenoxy) is 1. The first-order valence-corrected chi connectivity index (χ1v) is 15.7. The summed E-state index contributed by atoms with van der Waals surface area (Å²) >= 11 is 1.14. The lowest BCUT2D eigenvalue weighted by molar-refractivity contribution is -0.122. The highest BCUT2D eigenvalue weighted by Crippen LogP contribution is 2.42. The number of Topliss-reactive ketones (excluding diaryl/α,β-unsaturated/α-hetero) is 2. The Kier molecular flexibility index (Phi) is 8.12. The molecule has 1 aliphatic heterocycles. The van der Waals surface area contributed by atoms with Crippen molar-refractivity contribution in [3.8, 4) is 5.75 Å². The van der Waals surface area contributed by atoms with Crippen LogP contribution in [0.4, 0.5) is 5.95 Å². The molecule has 1 fully saturated rings. The van der Waals surface area contributed by atoms with Gasteiger partial charge in [-0.2, -0.15) is 5.10 Å². The zero-order valence-electron chi connectivity index (χ0n) is 25.4.